The van der Waals surface area contributed by atoms with Gasteiger partial charge in [-0.25, -0.2) is 0 Å². The van der Waals surface area contributed by atoms with Crippen LogP contribution in [0.5, 0.6) is 0 Å². The van der Waals surface area contributed by atoms with Crippen molar-refractivity contribution in [2.45, 2.75) is 33.1 Å². The molecule has 1 aliphatic heterocycles. The SMILES string of the molecule is CC1CCN(CC2(CS)CC2)CC1C. The van der Waals surface area contributed by atoms with Crippen molar-refractivity contribution in [2.24, 2.45) is 17.3 Å². The second-order valence-corrected chi connectivity index (χ2v) is 5.95. The van der Waals surface area contributed by atoms with Crippen LogP contribution in [-0.2, 0) is 0 Å². The maximum absolute atomic E-state index is 4.48. The number of nitrogens with zero attached hydrogens (tertiary/aromatic N) is 1. The average molecular weight is 213 g/mol. The van der Waals surface area contributed by atoms with Crippen LogP contribution in [0.1, 0.15) is 33.1 Å². The largest absolute Gasteiger partial charge is 0.302 e. The van der Waals surface area contributed by atoms with Crippen molar-refractivity contribution in [1.29, 1.82) is 0 Å². The van der Waals surface area contributed by atoms with Crippen molar-refractivity contribution in [3.05, 3.63) is 0 Å². The van der Waals surface area contributed by atoms with Gasteiger partial charge in [-0.05, 0) is 48.8 Å². The normalized spacial score (nSPS) is 37.1. The fourth-order valence-electron chi connectivity index (χ4n) is 2.51. The zero-order chi connectivity index (χ0) is 10.2. The minimum absolute atomic E-state index is 0.614. The van der Waals surface area contributed by atoms with Crippen LogP contribution < -0.4 is 0 Å². The summed E-state index contributed by atoms with van der Waals surface area (Å²) in [6.45, 7) is 8.75. The first-order valence-electron chi connectivity index (χ1n) is 5.98. The van der Waals surface area contributed by atoms with Gasteiger partial charge < -0.3 is 4.90 Å². The summed E-state index contributed by atoms with van der Waals surface area (Å²) in [5.74, 6) is 2.91. The molecule has 1 heterocycles. The number of hydrogen-bond acceptors (Lipinski definition) is 2. The molecule has 82 valence electrons. The van der Waals surface area contributed by atoms with E-state index < -0.39 is 0 Å². The van der Waals surface area contributed by atoms with Crippen LogP contribution in [0.4, 0.5) is 0 Å². The summed E-state index contributed by atoms with van der Waals surface area (Å²) in [6.07, 6.45) is 4.22. The Morgan fingerprint density at radius 1 is 1.29 bits per heavy atom. The van der Waals surface area contributed by atoms with E-state index in [4.69, 9.17) is 0 Å². The molecule has 0 aromatic heterocycles. The molecule has 0 aromatic rings. The maximum atomic E-state index is 4.48. The molecule has 1 aliphatic carbocycles. The van der Waals surface area contributed by atoms with Gasteiger partial charge in [-0.2, -0.15) is 12.6 Å². The van der Waals surface area contributed by atoms with Crippen molar-refractivity contribution in [3.8, 4) is 0 Å². The predicted octanol–water partition coefficient (Wildman–Crippen LogP) is 2.67. The van der Waals surface area contributed by atoms with E-state index in [-0.39, 0.29) is 0 Å². The Bertz CT molecular complexity index is 200. The summed E-state index contributed by atoms with van der Waals surface area (Å²) >= 11 is 4.48. The molecule has 1 nitrogen and oxygen atoms in total. The van der Waals surface area contributed by atoms with Gasteiger partial charge in [-0.1, -0.05) is 13.8 Å². The number of rotatable bonds is 3. The van der Waals surface area contributed by atoms with Gasteiger partial charge in [0.25, 0.3) is 0 Å². The quantitative estimate of drug-likeness (QED) is 0.706. The number of likely N-dealkylation sites (tertiary alicyclic amines) is 1. The monoisotopic (exact) mass is 213 g/mol. The molecule has 0 N–H and O–H groups in total. The van der Waals surface area contributed by atoms with Crippen LogP contribution >= 0.6 is 12.6 Å². The fourth-order valence-corrected chi connectivity index (χ4v) is 2.93. The summed E-state index contributed by atoms with van der Waals surface area (Å²) in [7, 11) is 0. The lowest BCUT2D eigenvalue weighted by molar-refractivity contribution is 0.120. The van der Waals surface area contributed by atoms with Gasteiger partial charge >= 0.3 is 0 Å². The molecule has 2 atom stereocenters. The van der Waals surface area contributed by atoms with Gasteiger partial charge in [-0.15, -0.1) is 0 Å². The molecule has 2 fully saturated rings. The van der Waals surface area contributed by atoms with Crippen molar-refractivity contribution in [3.63, 3.8) is 0 Å². The van der Waals surface area contributed by atoms with Crippen LogP contribution in [-0.4, -0.2) is 30.3 Å². The highest BCUT2D eigenvalue weighted by Crippen LogP contribution is 2.47. The Hall–Kier alpha value is 0.310. The predicted molar refractivity (Wildman–Crippen MR) is 64.9 cm³/mol. The van der Waals surface area contributed by atoms with Crippen molar-refractivity contribution < 1.29 is 0 Å². The summed E-state index contributed by atoms with van der Waals surface area (Å²) in [4.78, 5) is 2.67. The van der Waals surface area contributed by atoms with Crippen LogP contribution in [0.3, 0.4) is 0 Å². The Balaban J connectivity index is 1.82. The third-order valence-corrected chi connectivity index (χ3v) is 4.94. The van der Waals surface area contributed by atoms with E-state index in [2.05, 4.69) is 31.4 Å². The van der Waals surface area contributed by atoms with Crippen molar-refractivity contribution >= 4 is 12.6 Å². The molecule has 1 saturated carbocycles. The molecular weight excluding hydrogens is 190 g/mol. The molecule has 0 spiro atoms. The zero-order valence-corrected chi connectivity index (χ0v) is 10.4. The standard InChI is InChI=1S/C12H23NS/c1-10-3-6-13(7-11(10)2)8-12(9-14)4-5-12/h10-11,14H,3-9H2,1-2H3. The molecule has 0 amide bonds. The summed E-state index contributed by atoms with van der Waals surface area (Å²) in [6, 6.07) is 0. The van der Waals surface area contributed by atoms with Crippen LogP contribution in [0.15, 0.2) is 0 Å². The summed E-state index contributed by atoms with van der Waals surface area (Å²) in [5, 5.41) is 0. The molecule has 14 heavy (non-hydrogen) atoms. The van der Waals surface area contributed by atoms with Gasteiger partial charge in [0, 0.05) is 13.1 Å². The second-order valence-electron chi connectivity index (χ2n) is 5.64. The molecule has 2 unspecified atom stereocenters. The molecule has 2 heteroatoms. The smallest absolute Gasteiger partial charge is 0.00459 e. The van der Waals surface area contributed by atoms with E-state index in [0.29, 0.717) is 5.41 Å². The molecule has 0 bridgehead atoms. The molecule has 0 radical (unpaired) electrons. The maximum Gasteiger partial charge on any atom is 0.00459 e. The minimum atomic E-state index is 0.614. The second kappa shape index (κ2) is 4.05. The molecule has 1 saturated heterocycles. The first-order valence-corrected chi connectivity index (χ1v) is 6.62. The minimum Gasteiger partial charge on any atom is -0.302 e. The highest BCUT2D eigenvalue weighted by atomic mass is 32.1. The highest BCUT2D eigenvalue weighted by Gasteiger charge is 2.43. The Morgan fingerprint density at radius 2 is 2.00 bits per heavy atom. The Labute approximate surface area is 93.7 Å². The van der Waals surface area contributed by atoms with Crippen molar-refractivity contribution in [2.75, 3.05) is 25.4 Å². The van der Waals surface area contributed by atoms with Gasteiger partial charge in [0.05, 0.1) is 0 Å². The molecule has 2 rings (SSSR count). The highest BCUT2D eigenvalue weighted by molar-refractivity contribution is 7.80. The van der Waals surface area contributed by atoms with E-state index in [1.54, 1.807) is 0 Å². The van der Waals surface area contributed by atoms with Gasteiger partial charge in [0.15, 0.2) is 0 Å². The fraction of sp³-hybridized carbons (Fsp3) is 1.00. The summed E-state index contributed by atoms with van der Waals surface area (Å²) in [5.41, 5.74) is 0.614. The number of hydrogen-bond donors (Lipinski definition) is 1. The average Bonchev–Trinajstić information content (AvgIpc) is 2.93. The topological polar surface area (TPSA) is 3.24 Å². The van der Waals surface area contributed by atoms with E-state index in [0.717, 1.165) is 17.6 Å². The summed E-state index contributed by atoms with van der Waals surface area (Å²) < 4.78 is 0. The number of thiol groups is 1. The molecular formula is C12H23NS. The lowest BCUT2D eigenvalue weighted by Gasteiger charge is -2.37. The first-order chi connectivity index (χ1) is 6.65. The van der Waals surface area contributed by atoms with Crippen molar-refractivity contribution in [1.82, 2.24) is 4.90 Å². The van der Waals surface area contributed by atoms with Gasteiger partial charge in [0.2, 0.25) is 0 Å². The Kier molecular flexibility index (Phi) is 3.13. The lowest BCUT2D eigenvalue weighted by Crippen LogP contribution is -2.41. The van der Waals surface area contributed by atoms with Crippen LogP contribution in [0.25, 0.3) is 0 Å². The molecule has 0 aromatic carbocycles. The molecule has 2 aliphatic rings. The number of piperidine rings is 1. The van der Waals surface area contributed by atoms with E-state index >= 15 is 0 Å². The third-order valence-electron chi connectivity index (χ3n) is 4.27. The van der Waals surface area contributed by atoms with Gasteiger partial charge in [0.1, 0.15) is 0 Å². The third kappa shape index (κ3) is 2.27. The first kappa shape index (κ1) is 10.8. The van der Waals surface area contributed by atoms with E-state index in [9.17, 15) is 0 Å². The van der Waals surface area contributed by atoms with Gasteiger partial charge in [-0.3, -0.25) is 0 Å². The zero-order valence-electron chi connectivity index (χ0n) is 9.50. The Morgan fingerprint density at radius 3 is 2.50 bits per heavy atom. The van der Waals surface area contributed by atoms with Crippen LogP contribution in [0.2, 0.25) is 0 Å². The van der Waals surface area contributed by atoms with Crippen LogP contribution in [0, 0.1) is 17.3 Å². The lowest BCUT2D eigenvalue weighted by atomic mass is 9.88. The van der Waals surface area contributed by atoms with E-state index in [1.165, 1.54) is 38.9 Å². The van der Waals surface area contributed by atoms with E-state index in [1.807, 2.05) is 0 Å².